The summed E-state index contributed by atoms with van der Waals surface area (Å²) < 4.78 is 19.2. The van der Waals surface area contributed by atoms with Crippen LogP contribution in [-0.4, -0.2) is 9.97 Å². The summed E-state index contributed by atoms with van der Waals surface area (Å²) in [5.41, 5.74) is 0.923. The van der Waals surface area contributed by atoms with E-state index in [4.69, 9.17) is 16.3 Å². The van der Waals surface area contributed by atoms with Crippen LogP contribution in [0.4, 0.5) is 15.9 Å². The molecule has 0 aliphatic carbocycles. The maximum atomic E-state index is 13.5. The molecular formula is C18H15ClFN3O. The maximum absolute atomic E-state index is 13.5. The van der Waals surface area contributed by atoms with E-state index in [0.29, 0.717) is 11.6 Å². The van der Waals surface area contributed by atoms with E-state index in [9.17, 15) is 4.39 Å². The van der Waals surface area contributed by atoms with Crippen molar-refractivity contribution < 1.29 is 9.13 Å². The van der Waals surface area contributed by atoms with Gasteiger partial charge in [0, 0.05) is 5.69 Å². The third-order valence-electron chi connectivity index (χ3n) is 3.29. The van der Waals surface area contributed by atoms with Crippen molar-refractivity contribution >= 4 is 23.1 Å². The minimum absolute atomic E-state index is 0.165. The van der Waals surface area contributed by atoms with Gasteiger partial charge in [-0.1, -0.05) is 29.8 Å². The van der Waals surface area contributed by atoms with Crippen molar-refractivity contribution in [1.29, 1.82) is 0 Å². The number of hydrogen-bond acceptors (Lipinski definition) is 4. The fourth-order valence-corrected chi connectivity index (χ4v) is 2.41. The molecule has 6 heteroatoms. The van der Waals surface area contributed by atoms with Crippen molar-refractivity contribution in [3.8, 4) is 11.5 Å². The molecule has 0 saturated carbocycles. The van der Waals surface area contributed by atoms with Crippen molar-refractivity contribution in [3.63, 3.8) is 0 Å². The molecule has 1 heterocycles. The lowest BCUT2D eigenvalue weighted by Gasteiger charge is -2.11. The van der Waals surface area contributed by atoms with Gasteiger partial charge in [-0.3, -0.25) is 0 Å². The van der Waals surface area contributed by atoms with Crippen LogP contribution in [0.25, 0.3) is 0 Å². The Balaban J connectivity index is 1.74. The molecule has 0 amide bonds. The molecule has 1 unspecified atom stereocenters. The van der Waals surface area contributed by atoms with Crippen LogP contribution in [0.3, 0.4) is 0 Å². The van der Waals surface area contributed by atoms with Crippen LogP contribution in [0.2, 0.25) is 5.02 Å². The number of rotatable bonds is 5. The molecule has 122 valence electrons. The number of hydrogen-bond donors (Lipinski definition) is 1. The lowest BCUT2D eigenvalue weighted by Crippen LogP contribution is -2.00. The molecule has 0 spiro atoms. The van der Waals surface area contributed by atoms with Crippen LogP contribution in [-0.2, 0) is 0 Å². The maximum Gasteiger partial charge on any atom is 0.153 e. The average Bonchev–Trinajstić information content (AvgIpc) is 2.59. The number of benzene rings is 2. The van der Waals surface area contributed by atoms with Crippen LogP contribution in [0.5, 0.6) is 11.5 Å². The van der Waals surface area contributed by atoms with Gasteiger partial charge >= 0.3 is 0 Å². The van der Waals surface area contributed by atoms with Gasteiger partial charge in [0.2, 0.25) is 0 Å². The lowest BCUT2D eigenvalue weighted by molar-refractivity contribution is 0.365. The largest absolute Gasteiger partial charge is 0.457 e. The number of alkyl halides is 1. The van der Waals surface area contributed by atoms with E-state index < -0.39 is 6.17 Å². The van der Waals surface area contributed by atoms with Crippen molar-refractivity contribution in [2.75, 3.05) is 5.32 Å². The first-order chi connectivity index (χ1) is 11.6. The van der Waals surface area contributed by atoms with E-state index in [1.807, 2.05) is 54.6 Å². The Labute approximate surface area is 144 Å². The first-order valence-corrected chi connectivity index (χ1v) is 7.76. The quantitative estimate of drug-likeness (QED) is 0.645. The summed E-state index contributed by atoms with van der Waals surface area (Å²) >= 11 is 6.14. The van der Waals surface area contributed by atoms with E-state index in [0.717, 1.165) is 11.4 Å². The molecular weight excluding hydrogens is 329 g/mol. The molecule has 0 aliphatic heterocycles. The highest BCUT2D eigenvalue weighted by atomic mass is 35.5. The van der Waals surface area contributed by atoms with Gasteiger partial charge in [0.05, 0.1) is 5.69 Å². The molecule has 0 saturated heterocycles. The zero-order valence-corrected chi connectivity index (χ0v) is 13.7. The first-order valence-electron chi connectivity index (χ1n) is 7.38. The number of nitrogens with one attached hydrogen (secondary N) is 1. The van der Waals surface area contributed by atoms with Crippen LogP contribution in [0, 0.1) is 0 Å². The highest BCUT2D eigenvalue weighted by molar-refractivity contribution is 6.33. The standard InChI is InChI=1S/C18H15ClFN3O/c1-12(20)17-16(19)18(22-11-21-17)23-13-7-9-15(10-8-13)24-14-5-3-2-4-6-14/h2-12H,1H3,(H,21,22,23). The molecule has 1 atom stereocenters. The van der Waals surface area contributed by atoms with E-state index in [2.05, 4.69) is 15.3 Å². The molecule has 0 aliphatic rings. The Hall–Kier alpha value is -2.66. The predicted octanol–water partition coefficient (Wildman–Crippen LogP) is 5.70. The van der Waals surface area contributed by atoms with Crippen molar-refractivity contribution in [1.82, 2.24) is 9.97 Å². The van der Waals surface area contributed by atoms with Crippen LogP contribution < -0.4 is 10.1 Å². The molecule has 1 aromatic heterocycles. The van der Waals surface area contributed by atoms with Gasteiger partial charge in [0.15, 0.2) is 5.82 Å². The molecule has 0 fully saturated rings. The number of halogens is 2. The molecule has 3 rings (SSSR count). The summed E-state index contributed by atoms with van der Waals surface area (Å²) in [6.07, 6.45) is 0.0228. The second-order valence-corrected chi connectivity index (χ2v) is 5.48. The Morgan fingerprint density at radius 1 is 1.00 bits per heavy atom. The zero-order valence-electron chi connectivity index (χ0n) is 12.9. The number of para-hydroxylation sites is 1. The normalized spacial score (nSPS) is 11.8. The summed E-state index contributed by atoms with van der Waals surface area (Å²) in [7, 11) is 0. The highest BCUT2D eigenvalue weighted by Gasteiger charge is 2.14. The van der Waals surface area contributed by atoms with E-state index in [-0.39, 0.29) is 10.7 Å². The predicted molar refractivity (Wildman–Crippen MR) is 92.8 cm³/mol. The van der Waals surface area contributed by atoms with Crippen molar-refractivity contribution in [2.45, 2.75) is 13.1 Å². The molecule has 24 heavy (non-hydrogen) atoms. The SMILES string of the molecule is CC(F)c1ncnc(Nc2ccc(Oc3ccccc3)cc2)c1Cl. The number of anilines is 2. The monoisotopic (exact) mass is 343 g/mol. The summed E-state index contributed by atoms with van der Waals surface area (Å²) in [6, 6.07) is 16.8. The van der Waals surface area contributed by atoms with Gasteiger partial charge in [0.25, 0.3) is 0 Å². The Bertz CT molecular complexity index is 810. The summed E-state index contributed by atoms with van der Waals surface area (Å²) in [6.45, 7) is 1.38. The van der Waals surface area contributed by atoms with Crippen LogP contribution >= 0.6 is 11.6 Å². The van der Waals surface area contributed by atoms with Crippen LogP contribution in [0.15, 0.2) is 60.9 Å². The topological polar surface area (TPSA) is 47.0 Å². The molecule has 2 aromatic carbocycles. The van der Waals surface area contributed by atoms with Crippen LogP contribution in [0.1, 0.15) is 18.8 Å². The van der Waals surface area contributed by atoms with E-state index in [1.54, 1.807) is 0 Å². The van der Waals surface area contributed by atoms with Crippen molar-refractivity contribution in [3.05, 3.63) is 71.6 Å². The first kappa shape index (κ1) is 16.2. The molecule has 3 aromatic rings. The van der Waals surface area contributed by atoms with E-state index >= 15 is 0 Å². The Morgan fingerprint density at radius 3 is 2.33 bits per heavy atom. The minimum atomic E-state index is -1.26. The lowest BCUT2D eigenvalue weighted by atomic mass is 10.2. The third-order valence-corrected chi connectivity index (χ3v) is 3.66. The molecule has 0 radical (unpaired) electrons. The third kappa shape index (κ3) is 3.81. The van der Waals surface area contributed by atoms with Gasteiger partial charge in [-0.2, -0.15) is 0 Å². The zero-order chi connectivity index (χ0) is 16.9. The van der Waals surface area contributed by atoms with E-state index in [1.165, 1.54) is 13.3 Å². The Morgan fingerprint density at radius 2 is 1.67 bits per heavy atom. The molecule has 0 bridgehead atoms. The second kappa shape index (κ2) is 7.27. The minimum Gasteiger partial charge on any atom is -0.457 e. The fourth-order valence-electron chi connectivity index (χ4n) is 2.12. The van der Waals surface area contributed by atoms with Gasteiger partial charge in [-0.15, -0.1) is 0 Å². The van der Waals surface area contributed by atoms with Crippen molar-refractivity contribution in [2.24, 2.45) is 0 Å². The summed E-state index contributed by atoms with van der Waals surface area (Å²) in [5, 5.41) is 3.23. The number of nitrogens with zero attached hydrogens (tertiary/aromatic N) is 2. The van der Waals surface area contributed by atoms with Gasteiger partial charge in [-0.25, -0.2) is 14.4 Å². The summed E-state index contributed by atoms with van der Waals surface area (Å²) in [5.74, 6) is 1.83. The smallest absolute Gasteiger partial charge is 0.153 e. The highest BCUT2D eigenvalue weighted by Crippen LogP contribution is 2.31. The van der Waals surface area contributed by atoms with Gasteiger partial charge in [0.1, 0.15) is 29.0 Å². The second-order valence-electron chi connectivity index (χ2n) is 5.10. The molecule has 1 N–H and O–H groups in total. The molecule has 4 nitrogen and oxygen atoms in total. The average molecular weight is 344 g/mol. The van der Waals surface area contributed by atoms with Gasteiger partial charge < -0.3 is 10.1 Å². The number of ether oxygens (including phenoxy) is 1. The Kier molecular flexibility index (Phi) is 4.91. The number of aromatic nitrogens is 2. The van der Waals surface area contributed by atoms with Gasteiger partial charge in [-0.05, 0) is 43.3 Å². The fraction of sp³-hybridized carbons (Fsp3) is 0.111. The summed E-state index contributed by atoms with van der Waals surface area (Å²) in [4.78, 5) is 7.92.